The van der Waals surface area contributed by atoms with Crippen molar-refractivity contribution >= 4 is 21.6 Å². The predicted molar refractivity (Wildman–Crippen MR) is 101 cm³/mol. The fourth-order valence-electron chi connectivity index (χ4n) is 2.22. The third kappa shape index (κ3) is 6.88. The molecule has 2 aromatic carbocycles. The van der Waals surface area contributed by atoms with Crippen molar-refractivity contribution in [1.82, 2.24) is 0 Å². The summed E-state index contributed by atoms with van der Waals surface area (Å²) in [5.41, 5.74) is 15.0. The van der Waals surface area contributed by atoms with Crippen LogP contribution in [0.1, 0.15) is 11.1 Å². The van der Waals surface area contributed by atoms with E-state index in [1.165, 1.54) is 11.1 Å². The van der Waals surface area contributed by atoms with Crippen LogP contribution >= 0.6 is 21.6 Å². The molecule has 0 aliphatic carbocycles. The van der Waals surface area contributed by atoms with Crippen molar-refractivity contribution in [2.24, 2.45) is 11.5 Å². The number of hydrogen-bond acceptors (Lipinski definition) is 4. The van der Waals surface area contributed by atoms with Crippen LogP contribution in [-0.2, 0) is 12.8 Å². The molecule has 2 aromatic rings. The topological polar surface area (TPSA) is 52.0 Å². The van der Waals surface area contributed by atoms with Gasteiger partial charge in [-0.05, 0) is 24.0 Å². The molecule has 0 bridgehead atoms. The summed E-state index contributed by atoms with van der Waals surface area (Å²) in [6.07, 6.45) is 1.87. The lowest BCUT2D eigenvalue weighted by molar-refractivity contribution is 0.747. The maximum Gasteiger partial charge on any atom is 0.0192 e. The Morgan fingerprint density at radius 2 is 1.00 bits per heavy atom. The molecule has 0 radical (unpaired) electrons. The van der Waals surface area contributed by atoms with Crippen LogP contribution in [-0.4, -0.2) is 23.6 Å². The summed E-state index contributed by atoms with van der Waals surface area (Å²) in [6, 6.07) is 21.2. The van der Waals surface area contributed by atoms with E-state index in [0.717, 1.165) is 24.3 Å². The highest BCUT2D eigenvalue weighted by Gasteiger charge is 2.07. The first-order valence-electron chi connectivity index (χ1n) is 7.57. The zero-order chi connectivity index (χ0) is 15.6. The molecule has 0 spiro atoms. The van der Waals surface area contributed by atoms with Gasteiger partial charge < -0.3 is 11.5 Å². The molecular weight excluding hydrogens is 308 g/mol. The molecule has 0 aliphatic rings. The van der Waals surface area contributed by atoms with Gasteiger partial charge in [0.25, 0.3) is 0 Å². The summed E-state index contributed by atoms with van der Waals surface area (Å²) in [5.74, 6) is 1.91. The Kier molecular flexibility index (Phi) is 7.88. The molecule has 2 atom stereocenters. The van der Waals surface area contributed by atoms with Crippen molar-refractivity contribution in [3.8, 4) is 0 Å². The summed E-state index contributed by atoms with van der Waals surface area (Å²) >= 11 is 0. The number of rotatable bonds is 9. The van der Waals surface area contributed by atoms with Crippen LogP contribution in [0.15, 0.2) is 60.7 Å². The fourth-order valence-corrected chi connectivity index (χ4v) is 4.63. The van der Waals surface area contributed by atoms with Crippen LogP contribution < -0.4 is 11.5 Å². The van der Waals surface area contributed by atoms with Crippen LogP contribution in [0.4, 0.5) is 0 Å². The van der Waals surface area contributed by atoms with E-state index in [1.807, 2.05) is 33.7 Å². The molecule has 0 fully saturated rings. The molecule has 4 N–H and O–H groups in total. The van der Waals surface area contributed by atoms with E-state index in [4.69, 9.17) is 11.5 Å². The molecule has 4 heteroatoms. The smallest absolute Gasteiger partial charge is 0.0192 e. The van der Waals surface area contributed by atoms with E-state index in [9.17, 15) is 0 Å². The lowest BCUT2D eigenvalue weighted by Crippen LogP contribution is -2.26. The van der Waals surface area contributed by atoms with Crippen LogP contribution in [0, 0.1) is 0 Å². The Balaban J connectivity index is 1.58. The third-order valence-corrected chi connectivity index (χ3v) is 5.94. The van der Waals surface area contributed by atoms with Crippen LogP contribution in [0.5, 0.6) is 0 Å². The maximum atomic E-state index is 6.18. The monoisotopic (exact) mass is 332 g/mol. The van der Waals surface area contributed by atoms with Crippen molar-refractivity contribution in [2.45, 2.75) is 24.9 Å². The lowest BCUT2D eigenvalue weighted by Gasteiger charge is -2.13. The van der Waals surface area contributed by atoms with E-state index in [-0.39, 0.29) is 12.1 Å². The number of hydrogen-bond donors (Lipinski definition) is 2. The number of benzene rings is 2. The normalized spacial score (nSPS) is 13.7. The minimum Gasteiger partial charge on any atom is -0.327 e. The van der Waals surface area contributed by atoms with Crippen molar-refractivity contribution in [3.05, 3.63) is 71.8 Å². The van der Waals surface area contributed by atoms with Crippen molar-refractivity contribution in [2.75, 3.05) is 11.5 Å². The van der Waals surface area contributed by atoms with Crippen LogP contribution in [0.3, 0.4) is 0 Å². The molecule has 0 heterocycles. The SMILES string of the molecule is NC(CSSCC(N)Cc1ccccc1)Cc1ccccc1. The zero-order valence-corrected chi connectivity index (χ0v) is 14.4. The largest absolute Gasteiger partial charge is 0.327 e. The van der Waals surface area contributed by atoms with Gasteiger partial charge in [-0.25, -0.2) is 0 Å². The minimum absolute atomic E-state index is 0.199. The van der Waals surface area contributed by atoms with Gasteiger partial charge in [-0.15, -0.1) is 0 Å². The van der Waals surface area contributed by atoms with E-state index in [0.29, 0.717) is 0 Å². The summed E-state index contributed by atoms with van der Waals surface area (Å²) in [4.78, 5) is 0. The second kappa shape index (κ2) is 9.95. The van der Waals surface area contributed by atoms with Crippen molar-refractivity contribution in [3.63, 3.8) is 0 Å². The lowest BCUT2D eigenvalue weighted by atomic mass is 10.1. The van der Waals surface area contributed by atoms with Gasteiger partial charge in [0.05, 0.1) is 0 Å². The van der Waals surface area contributed by atoms with Gasteiger partial charge in [-0.1, -0.05) is 82.3 Å². The van der Waals surface area contributed by atoms with Crippen molar-refractivity contribution in [1.29, 1.82) is 0 Å². The Morgan fingerprint density at radius 1 is 0.636 bits per heavy atom. The highest BCUT2D eigenvalue weighted by molar-refractivity contribution is 8.76. The Bertz CT molecular complexity index is 470. The van der Waals surface area contributed by atoms with Gasteiger partial charge in [0.1, 0.15) is 0 Å². The summed E-state index contributed by atoms with van der Waals surface area (Å²) < 4.78 is 0. The van der Waals surface area contributed by atoms with Crippen LogP contribution in [0.2, 0.25) is 0 Å². The first-order valence-corrected chi connectivity index (χ1v) is 10.1. The van der Waals surface area contributed by atoms with Gasteiger partial charge in [-0.2, -0.15) is 0 Å². The Labute approximate surface area is 141 Å². The molecule has 0 aromatic heterocycles. The first-order chi connectivity index (χ1) is 10.7. The average Bonchev–Trinajstić information content (AvgIpc) is 2.53. The molecular formula is C18H24N2S2. The number of nitrogens with two attached hydrogens (primary N) is 2. The van der Waals surface area contributed by atoms with Gasteiger partial charge in [0.2, 0.25) is 0 Å². The fraction of sp³-hybridized carbons (Fsp3) is 0.333. The predicted octanol–water partition coefficient (Wildman–Crippen LogP) is 3.51. The van der Waals surface area contributed by atoms with Gasteiger partial charge in [0, 0.05) is 23.6 Å². The van der Waals surface area contributed by atoms with Crippen LogP contribution in [0.25, 0.3) is 0 Å². The molecule has 118 valence electrons. The molecule has 2 unspecified atom stereocenters. The second-order valence-electron chi connectivity index (χ2n) is 5.47. The van der Waals surface area contributed by atoms with E-state index < -0.39 is 0 Å². The summed E-state index contributed by atoms with van der Waals surface area (Å²) in [5, 5.41) is 0. The molecule has 0 amide bonds. The maximum absolute atomic E-state index is 6.18. The Morgan fingerprint density at radius 3 is 1.36 bits per heavy atom. The van der Waals surface area contributed by atoms with Gasteiger partial charge >= 0.3 is 0 Å². The van der Waals surface area contributed by atoms with E-state index >= 15 is 0 Å². The zero-order valence-electron chi connectivity index (χ0n) is 12.7. The molecule has 0 aliphatic heterocycles. The molecule has 0 saturated carbocycles. The van der Waals surface area contributed by atoms with Gasteiger partial charge in [0.15, 0.2) is 0 Å². The first kappa shape index (κ1) is 17.4. The quantitative estimate of drug-likeness (QED) is 0.545. The summed E-state index contributed by atoms with van der Waals surface area (Å²) in [7, 11) is 3.66. The van der Waals surface area contributed by atoms with Crippen molar-refractivity contribution < 1.29 is 0 Å². The molecule has 2 rings (SSSR count). The van der Waals surface area contributed by atoms with E-state index in [2.05, 4.69) is 48.5 Å². The molecule has 22 heavy (non-hydrogen) atoms. The average molecular weight is 333 g/mol. The molecule has 0 saturated heterocycles. The minimum atomic E-state index is 0.199. The highest BCUT2D eigenvalue weighted by Crippen LogP contribution is 2.23. The van der Waals surface area contributed by atoms with E-state index in [1.54, 1.807) is 0 Å². The molecule has 2 nitrogen and oxygen atoms in total. The second-order valence-corrected chi connectivity index (χ2v) is 8.02. The standard InChI is InChI=1S/C18H24N2S2/c19-17(11-15-7-3-1-4-8-15)13-21-22-14-18(20)12-16-9-5-2-6-10-16/h1-10,17-18H,11-14,19-20H2. The summed E-state index contributed by atoms with van der Waals surface area (Å²) in [6.45, 7) is 0. The Hall–Kier alpha value is -0.940. The van der Waals surface area contributed by atoms with Gasteiger partial charge in [-0.3, -0.25) is 0 Å². The third-order valence-electron chi connectivity index (χ3n) is 3.33. The highest BCUT2D eigenvalue weighted by atomic mass is 33.1.